The Hall–Kier alpha value is -2.43. The van der Waals surface area contributed by atoms with Crippen molar-refractivity contribution >= 4 is 11.6 Å². The summed E-state index contributed by atoms with van der Waals surface area (Å²) >= 11 is 0. The van der Waals surface area contributed by atoms with Gasteiger partial charge >= 0.3 is 0 Å². The lowest BCUT2D eigenvalue weighted by Crippen LogP contribution is -2.48. The molecule has 0 bridgehead atoms. The highest BCUT2D eigenvalue weighted by Gasteiger charge is 2.23. The molecule has 1 aliphatic rings. The molecule has 2 aromatic rings. The van der Waals surface area contributed by atoms with Crippen molar-refractivity contribution in [2.45, 2.75) is 25.8 Å². The molecular formula is C19H20F2N2O. The predicted octanol–water partition coefficient (Wildman–Crippen LogP) is 3.67. The Morgan fingerprint density at radius 3 is 2.71 bits per heavy atom. The molecule has 0 radical (unpaired) electrons. The zero-order valence-electron chi connectivity index (χ0n) is 13.6. The SMILES string of the molecule is Cc1cc(F)ccc1N1CCCC(NC(=O)c2cccc(F)c2)C1. The molecule has 1 unspecified atom stereocenters. The molecule has 1 fully saturated rings. The molecule has 2 aromatic carbocycles. The summed E-state index contributed by atoms with van der Waals surface area (Å²) in [5.74, 6) is -0.934. The van der Waals surface area contributed by atoms with Crippen LogP contribution in [0.1, 0.15) is 28.8 Å². The zero-order valence-corrected chi connectivity index (χ0v) is 13.6. The summed E-state index contributed by atoms with van der Waals surface area (Å²) in [6.07, 6.45) is 1.81. The van der Waals surface area contributed by atoms with Crippen LogP contribution in [0.25, 0.3) is 0 Å². The molecule has 1 saturated heterocycles. The standard InChI is InChI=1S/C19H20F2N2O/c1-13-10-16(21)7-8-18(13)23-9-3-6-17(12-23)22-19(24)14-4-2-5-15(20)11-14/h2,4-5,7-8,10-11,17H,3,6,9,12H2,1H3,(H,22,24). The van der Waals surface area contributed by atoms with Crippen LogP contribution in [0.2, 0.25) is 0 Å². The molecule has 1 atom stereocenters. The van der Waals surface area contributed by atoms with Crippen molar-refractivity contribution in [1.82, 2.24) is 5.32 Å². The van der Waals surface area contributed by atoms with Gasteiger partial charge in [0.15, 0.2) is 0 Å². The van der Waals surface area contributed by atoms with Crippen molar-refractivity contribution in [1.29, 1.82) is 0 Å². The smallest absolute Gasteiger partial charge is 0.251 e. The molecule has 0 spiro atoms. The van der Waals surface area contributed by atoms with Gasteiger partial charge in [0.1, 0.15) is 11.6 Å². The lowest BCUT2D eigenvalue weighted by molar-refractivity contribution is 0.0932. The van der Waals surface area contributed by atoms with Gasteiger partial charge < -0.3 is 10.2 Å². The molecule has 1 N–H and O–H groups in total. The lowest BCUT2D eigenvalue weighted by atomic mass is 10.0. The minimum absolute atomic E-state index is 0.0148. The van der Waals surface area contributed by atoms with E-state index in [4.69, 9.17) is 0 Å². The number of rotatable bonds is 3. The third-order valence-corrected chi connectivity index (χ3v) is 4.34. The number of nitrogens with zero attached hydrogens (tertiary/aromatic N) is 1. The molecule has 3 nitrogen and oxygen atoms in total. The average Bonchev–Trinajstić information content (AvgIpc) is 2.55. The van der Waals surface area contributed by atoms with E-state index >= 15 is 0 Å². The van der Waals surface area contributed by atoms with Gasteiger partial charge in [-0.1, -0.05) is 6.07 Å². The van der Waals surface area contributed by atoms with Crippen LogP contribution in [0.4, 0.5) is 14.5 Å². The van der Waals surface area contributed by atoms with E-state index in [-0.39, 0.29) is 17.8 Å². The number of anilines is 1. The van der Waals surface area contributed by atoms with Gasteiger partial charge in [0.25, 0.3) is 5.91 Å². The van der Waals surface area contributed by atoms with Crippen LogP contribution in [-0.2, 0) is 0 Å². The van der Waals surface area contributed by atoms with Gasteiger partial charge in [-0.2, -0.15) is 0 Å². The van der Waals surface area contributed by atoms with Crippen LogP contribution >= 0.6 is 0 Å². The largest absolute Gasteiger partial charge is 0.369 e. The molecule has 1 heterocycles. The minimum atomic E-state index is -0.421. The Kier molecular flexibility index (Phi) is 4.79. The summed E-state index contributed by atoms with van der Waals surface area (Å²) in [6, 6.07) is 10.4. The maximum Gasteiger partial charge on any atom is 0.251 e. The first kappa shape index (κ1) is 16.4. The number of amides is 1. The monoisotopic (exact) mass is 330 g/mol. The van der Waals surface area contributed by atoms with Gasteiger partial charge in [-0.3, -0.25) is 4.79 Å². The second kappa shape index (κ2) is 6.99. The summed E-state index contributed by atoms with van der Waals surface area (Å²) in [5, 5.41) is 2.97. The third-order valence-electron chi connectivity index (χ3n) is 4.34. The Morgan fingerprint density at radius 1 is 1.17 bits per heavy atom. The Bertz CT molecular complexity index is 748. The van der Waals surface area contributed by atoms with Crippen molar-refractivity contribution in [3.8, 4) is 0 Å². The minimum Gasteiger partial charge on any atom is -0.369 e. The van der Waals surface area contributed by atoms with E-state index in [0.717, 1.165) is 30.6 Å². The Labute approximate surface area is 140 Å². The van der Waals surface area contributed by atoms with Crippen LogP contribution in [0.3, 0.4) is 0 Å². The quantitative estimate of drug-likeness (QED) is 0.931. The third kappa shape index (κ3) is 3.72. The summed E-state index contributed by atoms with van der Waals surface area (Å²) in [7, 11) is 0. The fourth-order valence-corrected chi connectivity index (χ4v) is 3.19. The van der Waals surface area contributed by atoms with Crippen LogP contribution in [0, 0.1) is 18.6 Å². The van der Waals surface area contributed by atoms with Crippen molar-refractivity contribution in [3.63, 3.8) is 0 Å². The van der Waals surface area contributed by atoms with Crippen molar-refractivity contribution < 1.29 is 13.6 Å². The molecule has 0 aromatic heterocycles. The number of aryl methyl sites for hydroxylation is 1. The normalized spacial score (nSPS) is 17.6. The highest BCUT2D eigenvalue weighted by atomic mass is 19.1. The molecule has 126 valence electrons. The van der Waals surface area contributed by atoms with E-state index in [0.29, 0.717) is 12.1 Å². The number of halogens is 2. The van der Waals surface area contributed by atoms with Crippen molar-refractivity contribution in [3.05, 3.63) is 65.2 Å². The van der Waals surface area contributed by atoms with Crippen LogP contribution in [0.5, 0.6) is 0 Å². The van der Waals surface area contributed by atoms with E-state index in [1.165, 1.54) is 30.3 Å². The number of piperidine rings is 1. The summed E-state index contributed by atoms with van der Waals surface area (Å²) in [6.45, 7) is 3.42. The van der Waals surface area contributed by atoms with Crippen molar-refractivity contribution in [2.24, 2.45) is 0 Å². The summed E-state index contributed by atoms with van der Waals surface area (Å²) in [5.41, 5.74) is 2.19. The fourth-order valence-electron chi connectivity index (χ4n) is 3.19. The van der Waals surface area contributed by atoms with E-state index < -0.39 is 5.82 Å². The lowest BCUT2D eigenvalue weighted by Gasteiger charge is -2.35. The van der Waals surface area contributed by atoms with Gasteiger partial charge in [0.2, 0.25) is 0 Å². The number of hydrogen-bond donors (Lipinski definition) is 1. The Balaban J connectivity index is 1.68. The van der Waals surface area contributed by atoms with Crippen LogP contribution in [-0.4, -0.2) is 25.0 Å². The molecule has 3 rings (SSSR count). The molecule has 5 heteroatoms. The topological polar surface area (TPSA) is 32.3 Å². The highest BCUT2D eigenvalue weighted by molar-refractivity contribution is 5.94. The second-order valence-corrected chi connectivity index (χ2v) is 6.20. The van der Waals surface area contributed by atoms with E-state index in [9.17, 15) is 13.6 Å². The first-order valence-corrected chi connectivity index (χ1v) is 8.10. The Morgan fingerprint density at radius 2 is 1.96 bits per heavy atom. The van der Waals surface area contributed by atoms with Gasteiger partial charge in [-0.25, -0.2) is 8.78 Å². The molecule has 24 heavy (non-hydrogen) atoms. The number of benzene rings is 2. The number of carbonyl (C=O) groups is 1. The van der Waals surface area contributed by atoms with E-state index in [1.54, 1.807) is 12.1 Å². The van der Waals surface area contributed by atoms with Gasteiger partial charge in [0.05, 0.1) is 0 Å². The van der Waals surface area contributed by atoms with Crippen molar-refractivity contribution in [2.75, 3.05) is 18.0 Å². The van der Waals surface area contributed by atoms with Crippen LogP contribution < -0.4 is 10.2 Å². The molecule has 0 aliphatic carbocycles. The second-order valence-electron chi connectivity index (χ2n) is 6.20. The number of nitrogens with one attached hydrogen (secondary N) is 1. The van der Waals surface area contributed by atoms with Gasteiger partial charge in [-0.05, 0) is 61.7 Å². The predicted molar refractivity (Wildman–Crippen MR) is 90.2 cm³/mol. The van der Waals surface area contributed by atoms with E-state index in [2.05, 4.69) is 10.2 Å². The highest BCUT2D eigenvalue weighted by Crippen LogP contribution is 2.24. The maximum absolute atomic E-state index is 13.3. The first-order chi connectivity index (χ1) is 11.5. The number of hydrogen-bond acceptors (Lipinski definition) is 2. The number of carbonyl (C=O) groups excluding carboxylic acids is 1. The molecular weight excluding hydrogens is 310 g/mol. The molecule has 1 aliphatic heterocycles. The average molecular weight is 330 g/mol. The van der Waals surface area contributed by atoms with Gasteiger partial charge in [-0.15, -0.1) is 0 Å². The fraction of sp³-hybridized carbons (Fsp3) is 0.316. The van der Waals surface area contributed by atoms with Crippen LogP contribution in [0.15, 0.2) is 42.5 Å². The first-order valence-electron chi connectivity index (χ1n) is 8.10. The van der Waals surface area contributed by atoms with E-state index in [1.807, 2.05) is 6.92 Å². The zero-order chi connectivity index (χ0) is 17.1. The molecule has 1 amide bonds. The summed E-state index contributed by atoms with van der Waals surface area (Å²) < 4.78 is 26.5. The molecule has 0 saturated carbocycles. The summed E-state index contributed by atoms with van der Waals surface area (Å²) in [4.78, 5) is 14.4. The van der Waals surface area contributed by atoms with Gasteiger partial charge in [0, 0.05) is 30.4 Å². The maximum atomic E-state index is 13.3.